The van der Waals surface area contributed by atoms with Crippen LogP contribution in [0.5, 0.6) is 0 Å². The molecule has 1 aliphatic carbocycles. The van der Waals surface area contributed by atoms with Crippen molar-refractivity contribution in [3.05, 3.63) is 36.0 Å². The van der Waals surface area contributed by atoms with Crippen LogP contribution in [-0.4, -0.2) is 35.4 Å². The van der Waals surface area contributed by atoms with Gasteiger partial charge in [-0.3, -0.25) is 14.4 Å². The average molecular weight is 405 g/mol. The Morgan fingerprint density at radius 1 is 1.28 bits per heavy atom. The van der Waals surface area contributed by atoms with E-state index in [1.165, 1.54) is 12.7 Å². The average Bonchev–Trinajstić information content (AvgIpc) is 3.06. The quantitative estimate of drug-likeness (QED) is 0.170. The first kappa shape index (κ1) is 25.0. The van der Waals surface area contributed by atoms with E-state index in [1.807, 2.05) is 38.2 Å². The highest BCUT2D eigenvalue weighted by molar-refractivity contribution is 6.03. The zero-order valence-corrected chi connectivity index (χ0v) is 18.3. The van der Waals surface area contributed by atoms with Gasteiger partial charge < -0.3 is 9.84 Å². The third-order valence-electron chi connectivity index (χ3n) is 5.18. The smallest absolute Gasteiger partial charge is 0.316 e. The van der Waals surface area contributed by atoms with Crippen molar-refractivity contribution in [3.8, 4) is 0 Å². The van der Waals surface area contributed by atoms with Gasteiger partial charge in [-0.25, -0.2) is 0 Å². The Morgan fingerprint density at radius 2 is 2.00 bits per heavy atom. The summed E-state index contributed by atoms with van der Waals surface area (Å²) < 4.78 is 4.77. The minimum atomic E-state index is -0.937. The first-order chi connectivity index (χ1) is 13.7. The van der Waals surface area contributed by atoms with Crippen molar-refractivity contribution < 1.29 is 24.2 Å². The van der Waals surface area contributed by atoms with Crippen LogP contribution in [-0.2, 0) is 19.1 Å². The molecule has 0 radical (unpaired) electrons. The van der Waals surface area contributed by atoms with Crippen LogP contribution in [0.4, 0.5) is 0 Å². The number of hydrogen-bond donors (Lipinski definition) is 1. The van der Waals surface area contributed by atoms with E-state index in [1.54, 1.807) is 13.0 Å². The molecule has 0 aliphatic heterocycles. The lowest BCUT2D eigenvalue weighted by Crippen LogP contribution is -2.34. The Hall–Kier alpha value is -2.01. The summed E-state index contributed by atoms with van der Waals surface area (Å²) in [5, 5.41) is 10.3. The molecule has 29 heavy (non-hydrogen) atoms. The molecule has 0 amide bonds. The van der Waals surface area contributed by atoms with Crippen LogP contribution in [0.1, 0.15) is 72.1 Å². The highest BCUT2D eigenvalue weighted by Crippen LogP contribution is 2.31. The molecule has 1 fully saturated rings. The number of carbonyl (C=O) groups is 3. The third-order valence-corrected chi connectivity index (χ3v) is 5.18. The number of esters is 1. The van der Waals surface area contributed by atoms with Crippen LogP contribution in [0.3, 0.4) is 0 Å². The highest BCUT2D eigenvalue weighted by Gasteiger charge is 2.41. The number of rotatable bonds is 12. The SMILES string of the molecule is COC(=O)C(C(=O)CCCCC=CC[C@@](C)(O)C=CC=C(C)C)[C@H]1CCCC1=O. The molecule has 0 aromatic heterocycles. The van der Waals surface area contributed by atoms with Crippen LogP contribution in [0.15, 0.2) is 36.0 Å². The Balaban J connectivity index is 2.38. The normalized spacial score (nSPS) is 20.0. The summed E-state index contributed by atoms with van der Waals surface area (Å²) >= 11 is 0. The predicted octanol–water partition coefficient (Wildman–Crippen LogP) is 4.49. The number of unbranched alkanes of at least 4 members (excludes halogenated alkanes) is 2. The summed E-state index contributed by atoms with van der Waals surface area (Å²) in [6.45, 7) is 5.77. The van der Waals surface area contributed by atoms with Crippen molar-refractivity contribution in [1.29, 1.82) is 0 Å². The first-order valence-electron chi connectivity index (χ1n) is 10.5. The largest absolute Gasteiger partial charge is 0.468 e. The lowest BCUT2D eigenvalue weighted by molar-refractivity contribution is -0.153. The second kappa shape index (κ2) is 12.5. The van der Waals surface area contributed by atoms with Gasteiger partial charge in [-0.15, -0.1) is 0 Å². The summed E-state index contributed by atoms with van der Waals surface area (Å²) in [7, 11) is 1.26. The Bertz CT molecular complexity index is 650. The van der Waals surface area contributed by atoms with E-state index in [9.17, 15) is 19.5 Å². The molecule has 5 nitrogen and oxygen atoms in total. The number of allylic oxidation sites excluding steroid dienone is 4. The van der Waals surface area contributed by atoms with E-state index in [4.69, 9.17) is 4.74 Å². The second-order valence-corrected chi connectivity index (χ2v) is 8.31. The van der Waals surface area contributed by atoms with Crippen molar-refractivity contribution in [2.75, 3.05) is 7.11 Å². The molecule has 0 spiro atoms. The van der Waals surface area contributed by atoms with Gasteiger partial charge >= 0.3 is 5.97 Å². The fourth-order valence-corrected chi connectivity index (χ4v) is 3.51. The van der Waals surface area contributed by atoms with Crippen LogP contribution in [0.25, 0.3) is 0 Å². The molecular formula is C24H36O5. The maximum absolute atomic E-state index is 12.5. The Kier molecular flexibility index (Phi) is 10.8. The van der Waals surface area contributed by atoms with Crippen molar-refractivity contribution in [2.45, 2.75) is 77.7 Å². The number of methoxy groups -OCH3 is 1. The van der Waals surface area contributed by atoms with Crippen molar-refractivity contribution in [2.24, 2.45) is 11.8 Å². The van der Waals surface area contributed by atoms with Gasteiger partial charge in [-0.1, -0.05) is 36.0 Å². The van der Waals surface area contributed by atoms with E-state index in [-0.39, 0.29) is 18.0 Å². The van der Waals surface area contributed by atoms with E-state index < -0.39 is 23.4 Å². The van der Waals surface area contributed by atoms with Gasteiger partial charge in [-0.05, 0) is 59.3 Å². The predicted molar refractivity (Wildman–Crippen MR) is 114 cm³/mol. The van der Waals surface area contributed by atoms with Gasteiger partial charge in [-0.2, -0.15) is 0 Å². The highest BCUT2D eigenvalue weighted by atomic mass is 16.5. The van der Waals surface area contributed by atoms with Crippen LogP contribution in [0.2, 0.25) is 0 Å². The molecule has 0 bridgehead atoms. The van der Waals surface area contributed by atoms with Crippen LogP contribution >= 0.6 is 0 Å². The van der Waals surface area contributed by atoms with Crippen molar-refractivity contribution in [1.82, 2.24) is 0 Å². The maximum Gasteiger partial charge on any atom is 0.316 e. The molecule has 0 heterocycles. The van der Waals surface area contributed by atoms with Gasteiger partial charge in [0.1, 0.15) is 17.5 Å². The van der Waals surface area contributed by atoms with E-state index in [0.717, 1.165) is 19.3 Å². The van der Waals surface area contributed by atoms with Crippen LogP contribution in [0, 0.1) is 11.8 Å². The number of aliphatic hydroxyl groups is 1. The standard InChI is InChI=1S/C24H36O5/c1-18(2)12-11-17-24(3,28)16-9-7-5-6-8-14-21(26)22(23(27)29-4)19-13-10-15-20(19)25/h7,9,11-12,17,19,22,28H,5-6,8,10,13-16H2,1-4H3/t19-,22?,24+/m0/s1. The molecule has 3 atom stereocenters. The molecule has 0 aromatic rings. The summed E-state index contributed by atoms with van der Waals surface area (Å²) in [4.78, 5) is 36.5. The molecule has 1 N–H and O–H groups in total. The molecule has 1 saturated carbocycles. The van der Waals surface area contributed by atoms with Gasteiger partial charge in [0.05, 0.1) is 12.7 Å². The van der Waals surface area contributed by atoms with Gasteiger partial charge in [0.2, 0.25) is 0 Å². The topological polar surface area (TPSA) is 80.7 Å². The number of ketones is 2. The minimum Gasteiger partial charge on any atom is -0.468 e. The molecule has 1 aliphatic rings. The third kappa shape index (κ3) is 9.35. The number of ether oxygens (including phenoxy) is 1. The van der Waals surface area contributed by atoms with E-state index >= 15 is 0 Å². The van der Waals surface area contributed by atoms with Gasteiger partial charge in [0, 0.05) is 18.8 Å². The minimum absolute atomic E-state index is 0.00220. The summed E-state index contributed by atoms with van der Waals surface area (Å²) in [6, 6.07) is 0. The summed E-state index contributed by atoms with van der Waals surface area (Å²) in [5.74, 6) is -2.21. The zero-order chi connectivity index (χ0) is 21.9. The van der Waals surface area contributed by atoms with Crippen molar-refractivity contribution in [3.63, 3.8) is 0 Å². The monoisotopic (exact) mass is 404 g/mol. The Morgan fingerprint density at radius 3 is 2.59 bits per heavy atom. The van der Waals surface area contributed by atoms with Gasteiger partial charge in [0.25, 0.3) is 0 Å². The van der Waals surface area contributed by atoms with Crippen LogP contribution < -0.4 is 0 Å². The molecule has 0 aromatic carbocycles. The number of carbonyl (C=O) groups excluding carboxylic acids is 3. The summed E-state index contributed by atoms with van der Waals surface area (Å²) in [6.07, 6.45) is 14.4. The van der Waals surface area contributed by atoms with E-state index in [0.29, 0.717) is 25.7 Å². The molecule has 1 rings (SSSR count). The maximum atomic E-state index is 12.5. The first-order valence-corrected chi connectivity index (χ1v) is 10.5. The summed E-state index contributed by atoms with van der Waals surface area (Å²) in [5.41, 5.74) is 0.286. The number of hydrogen-bond acceptors (Lipinski definition) is 5. The zero-order valence-electron chi connectivity index (χ0n) is 18.3. The molecule has 5 heteroatoms. The molecule has 1 unspecified atom stereocenters. The lowest BCUT2D eigenvalue weighted by atomic mass is 9.84. The van der Waals surface area contributed by atoms with Crippen molar-refractivity contribution >= 4 is 17.5 Å². The fraction of sp³-hybridized carbons (Fsp3) is 0.625. The molecule has 162 valence electrons. The fourth-order valence-electron chi connectivity index (χ4n) is 3.51. The lowest BCUT2D eigenvalue weighted by Gasteiger charge is -2.18. The second-order valence-electron chi connectivity index (χ2n) is 8.31. The molecule has 0 saturated heterocycles. The van der Waals surface area contributed by atoms with Gasteiger partial charge in [0.15, 0.2) is 0 Å². The number of Topliss-reactive ketones (excluding diaryl/α,β-unsaturated/α-hetero) is 2. The molecular weight excluding hydrogens is 368 g/mol. The Labute approximate surface area is 174 Å². The van der Waals surface area contributed by atoms with E-state index in [2.05, 4.69) is 0 Å².